The van der Waals surface area contributed by atoms with Crippen LogP contribution in [0, 0.1) is 17.4 Å². The normalized spacial score (nSPS) is 10.6. The molecular formula is C18H19IN6O. The Balaban J connectivity index is 1.59. The van der Waals surface area contributed by atoms with Crippen LogP contribution in [0.15, 0.2) is 42.7 Å². The maximum atomic E-state index is 12.2. The monoisotopic (exact) mass is 462 g/mol. The summed E-state index contributed by atoms with van der Waals surface area (Å²) in [4.78, 5) is 25.3. The molecule has 0 aliphatic rings. The van der Waals surface area contributed by atoms with Gasteiger partial charge in [0.25, 0.3) is 5.91 Å². The quantitative estimate of drug-likeness (QED) is 0.435. The summed E-state index contributed by atoms with van der Waals surface area (Å²) in [5.41, 5.74) is 0.684. The Morgan fingerprint density at radius 1 is 1.19 bits per heavy atom. The molecule has 1 amide bonds. The lowest BCUT2D eigenvalue weighted by Crippen LogP contribution is -2.29. The molecule has 0 saturated carbocycles. The SMILES string of the molecule is Cc1nc(NCCNC(=O)c2ccccc2I)cc(-n2ccnc2C)n1. The van der Waals surface area contributed by atoms with Crippen molar-refractivity contribution in [2.45, 2.75) is 13.8 Å². The number of halogens is 1. The van der Waals surface area contributed by atoms with Crippen molar-refractivity contribution in [2.24, 2.45) is 0 Å². The van der Waals surface area contributed by atoms with Gasteiger partial charge < -0.3 is 10.6 Å². The lowest BCUT2D eigenvalue weighted by atomic mass is 10.2. The van der Waals surface area contributed by atoms with Gasteiger partial charge in [-0.25, -0.2) is 15.0 Å². The van der Waals surface area contributed by atoms with Crippen LogP contribution < -0.4 is 10.6 Å². The first-order valence-corrected chi connectivity index (χ1v) is 9.25. The Hall–Kier alpha value is -2.49. The van der Waals surface area contributed by atoms with Crippen molar-refractivity contribution in [1.29, 1.82) is 0 Å². The van der Waals surface area contributed by atoms with Gasteiger partial charge in [0.05, 0.1) is 5.56 Å². The van der Waals surface area contributed by atoms with Crippen LogP contribution in [0.4, 0.5) is 5.82 Å². The van der Waals surface area contributed by atoms with E-state index in [1.54, 1.807) is 6.20 Å². The number of hydrogen-bond donors (Lipinski definition) is 2. The molecule has 26 heavy (non-hydrogen) atoms. The zero-order valence-corrected chi connectivity index (χ0v) is 16.7. The van der Waals surface area contributed by atoms with Crippen molar-refractivity contribution in [3.05, 3.63) is 63.5 Å². The summed E-state index contributed by atoms with van der Waals surface area (Å²) in [6.45, 7) is 4.82. The third-order valence-electron chi connectivity index (χ3n) is 3.73. The van der Waals surface area contributed by atoms with Gasteiger partial charge in [-0.3, -0.25) is 9.36 Å². The van der Waals surface area contributed by atoms with Crippen LogP contribution in [0.2, 0.25) is 0 Å². The van der Waals surface area contributed by atoms with Gasteiger partial charge in [0.2, 0.25) is 0 Å². The molecule has 2 aromatic heterocycles. The number of hydrogen-bond acceptors (Lipinski definition) is 5. The molecule has 0 unspecified atom stereocenters. The Bertz CT molecular complexity index is 924. The van der Waals surface area contributed by atoms with E-state index in [4.69, 9.17) is 0 Å². The van der Waals surface area contributed by atoms with Gasteiger partial charge >= 0.3 is 0 Å². The number of carbonyl (C=O) groups is 1. The highest BCUT2D eigenvalue weighted by Crippen LogP contribution is 2.13. The number of nitrogens with zero attached hydrogens (tertiary/aromatic N) is 4. The molecule has 1 aromatic carbocycles. The fourth-order valence-corrected chi connectivity index (χ4v) is 3.13. The Labute approximate surface area is 165 Å². The Kier molecular flexibility index (Phi) is 5.82. The minimum absolute atomic E-state index is 0.0783. The average molecular weight is 462 g/mol. The summed E-state index contributed by atoms with van der Waals surface area (Å²) < 4.78 is 2.83. The minimum Gasteiger partial charge on any atom is -0.368 e. The number of aromatic nitrogens is 4. The summed E-state index contributed by atoms with van der Waals surface area (Å²) in [5.74, 6) is 2.92. The second-order valence-electron chi connectivity index (χ2n) is 5.67. The number of amides is 1. The number of imidazole rings is 1. The Morgan fingerprint density at radius 3 is 2.73 bits per heavy atom. The van der Waals surface area contributed by atoms with Crippen molar-refractivity contribution >= 4 is 34.3 Å². The molecule has 0 bridgehead atoms. The zero-order chi connectivity index (χ0) is 18.5. The van der Waals surface area contributed by atoms with Crippen LogP contribution in [-0.2, 0) is 0 Å². The number of rotatable bonds is 6. The summed E-state index contributed by atoms with van der Waals surface area (Å²) in [6.07, 6.45) is 3.60. The van der Waals surface area contributed by atoms with Crippen LogP contribution in [-0.4, -0.2) is 38.5 Å². The van der Waals surface area contributed by atoms with E-state index in [2.05, 4.69) is 48.2 Å². The van der Waals surface area contributed by atoms with Gasteiger partial charge in [0, 0.05) is 35.1 Å². The number of aryl methyl sites for hydroxylation is 2. The van der Waals surface area contributed by atoms with Crippen LogP contribution in [0.25, 0.3) is 5.82 Å². The van der Waals surface area contributed by atoms with E-state index >= 15 is 0 Å². The molecule has 2 heterocycles. The van der Waals surface area contributed by atoms with E-state index in [0.717, 1.165) is 15.2 Å². The van der Waals surface area contributed by atoms with E-state index in [1.807, 2.05) is 54.9 Å². The predicted octanol–water partition coefficient (Wildman–Crippen LogP) is 2.73. The molecule has 0 atom stereocenters. The standard InChI is InChI=1S/C18H19IN6O/c1-12-23-16(11-17(24-12)25-10-9-20-13(25)2)21-7-8-22-18(26)14-5-3-4-6-15(14)19/h3-6,9-11H,7-8H2,1-2H3,(H,22,26)(H,21,23,24). The fourth-order valence-electron chi connectivity index (χ4n) is 2.49. The molecule has 0 fully saturated rings. The van der Waals surface area contributed by atoms with Crippen molar-refractivity contribution < 1.29 is 4.79 Å². The van der Waals surface area contributed by atoms with Crippen LogP contribution in [0.3, 0.4) is 0 Å². The molecule has 0 spiro atoms. The highest BCUT2D eigenvalue weighted by molar-refractivity contribution is 14.1. The molecular weight excluding hydrogens is 443 g/mol. The largest absolute Gasteiger partial charge is 0.368 e. The van der Waals surface area contributed by atoms with E-state index in [0.29, 0.717) is 30.3 Å². The number of carbonyl (C=O) groups excluding carboxylic acids is 1. The molecule has 8 heteroatoms. The van der Waals surface area contributed by atoms with E-state index in [-0.39, 0.29) is 5.91 Å². The second kappa shape index (κ2) is 8.26. The van der Waals surface area contributed by atoms with Gasteiger partial charge in [-0.15, -0.1) is 0 Å². The Morgan fingerprint density at radius 2 is 2.00 bits per heavy atom. The fraction of sp³-hybridized carbons (Fsp3) is 0.222. The number of nitrogens with one attached hydrogen (secondary N) is 2. The van der Waals surface area contributed by atoms with Gasteiger partial charge in [-0.05, 0) is 48.6 Å². The third kappa shape index (κ3) is 4.37. The molecule has 2 N–H and O–H groups in total. The average Bonchev–Trinajstić information content (AvgIpc) is 3.04. The maximum absolute atomic E-state index is 12.2. The predicted molar refractivity (Wildman–Crippen MR) is 109 cm³/mol. The molecule has 0 aliphatic carbocycles. The van der Waals surface area contributed by atoms with E-state index < -0.39 is 0 Å². The van der Waals surface area contributed by atoms with Gasteiger partial charge in [-0.1, -0.05) is 12.1 Å². The van der Waals surface area contributed by atoms with Gasteiger partial charge in [-0.2, -0.15) is 0 Å². The topological polar surface area (TPSA) is 84.7 Å². The van der Waals surface area contributed by atoms with Crippen LogP contribution >= 0.6 is 22.6 Å². The highest BCUT2D eigenvalue weighted by Gasteiger charge is 2.09. The maximum Gasteiger partial charge on any atom is 0.252 e. The molecule has 3 rings (SSSR count). The van der Waals surface area contributed by atoms with Crippen molar-refractivity contribution in [1.82, 2.24) is 24.8 Å². The zero-order valence-electron chi connectivity index (χ0n) is 14.5. The smallest absolute Gasteiger partial charge is 0.252 e. The highest BCUT2D eigenvalue weighted by atomic mass is 127. The lowest BCUT2D eigenvalue weighted by molar-refractivity contribution is 0.0954. The summed E-state index contributed by atoms with van der Waals surface area (Å²) in [6, 6.07) is 9.37. The van der Waals surface area contributed by atoms with Crippen molar-refractivity contribution in [3.63, 3.8) is 0 Å². The minimum atomic E-state index is -0.0783. The second-order valence-corrected chi connectivity index (χ2v) is 6.83. The van der Waals surface area contributed by atoms with Crippen molar-refractivity contribution in [2.75, 3.05) is 18.4 Å². The molecule has 134 valence electrons. The third-order valence-corrected chi connectivity index (χ3v) is 4.67. The van der Waals surface area contributed by atoms with Crippen LogP contribution in [0.1, 0.15) is 22.0 Å². The molecule has 0 aliphatic heterocycles. The van der Waals surface area contributed by atoms with Crippen molar-refractivity contribution in [3.8, 4) is 5.82 Å². The molecule has 0 saturated heterocycles. The number of anilines is 1. The number of benzene rings is 1. The van der Waals surface area contributed by atoms with E-state index in [9.17, 15) is 4.79 Å². The first-order valence-electron chi connectivity index (χ1n) is 8.17. The summed E-state index contributed by atoms with van der Waals surface area (Å²) in [5, 5.41) is 6.14. The lowest BCUT2D eigenvalue weighted by Gasteiger charge is -2.11. The molecule has 3 aromatic rings. The van der Waals surface area contributed by atoms with Crippen LogP contribution in [0.5, 0.6) is 0 Å². The van der Waals surface area contributed by atoms with Gasteiger partial charge in [0.15, 0.2) is 0 Å². The first kappa shape index (κ1) is 18.3. The van der Waals surface area contributed by atoms with E-state index in [1.165, 1.54) is 0 Å². The summed E-state index contributed by atoms with van der Waals surface area (Å²) >= 11 is 2.16. The first-order chi connectivity index (χ1) is 12.5. The molecule has 0 radical (unpaired) electrons. The summed E-state index contributed by atoms with van der Waals surface area (Å²) in [7, 11) is 0. The molecule has 7 nitrogen and oxygen atoms in total. The van der Waals surface area contributed by atoms with Gasteiger partial charge in [0.1, 0.15) is 23.3 Å².